The average Bonchev–Trinajstić information content (AvgIpc) is 3.25. The fourth-order valence-electron chi connectivity index (χ4n) is 3.14. The van der Waals surface area contributed by atoms with Crippen molar-refractivity contribution in [1.29, 1.82) is 0 Å². The molecule has 0 unspecified atom stereocenters. The highest BCUT2D eigenvalue weighted by atomic mass is 32.2. The maximum atomic E-state index is 12.7. The van der Waals surface area contributed by atoms with Crippen molar-refractivity contribution in [2.24, 2.45) is 5.92 Å². The molecule has 1 fully saturated rings. The number of carbonyl (C=O) groups excluding carboxylic acids is 2. The molecule has 0 spiro atoms. The van der Waals surface area contributed by atoms with Gasteiger partial charge in [-0.1, -0.05) is 13.8 Å². The van der Waals surface area contributed by atoms with E-state index in [0.717, 1.165) is 17.4 Å². The Hall–Kier alpha value is -2.78. The summed E-state index contributed by atoms with van der Waals surface area (Å²) in [4.78, 5) is 36.6. The number of Topliss-reactive ketones (excluding diaryl/α,β-unsaturated/α-hetero) is 1. The monoisotopic (exact) mass is 431 g/mol. The molecule has 0 aliphatic carbocycles. The number of pyridine rings is 1. The second kappa shape index (κ2) is 8.93. The fourth-order valence-corrected chi connectivity index (χ4v) is 4.67. The summed E-state index contributed by atoms with van der Waals surface area (Å²) < 4.78 is 27.9. The molecular weight excluding hydrogens is 406 g/mol. The van der Waals surface area contributed by atoms with Gasteiger partial charge in [0.05, 0.1) is 11.4 Å². The molecule has 2 aromatic rings. The first kappa shape index (κ1) is 21.9. The van der Waals surface area contributed by atoms with Crippen molar-refractivity contribution in [3.8, 4) is 0 Å². The molecule has 9 heteroatoms. The molecule has 160 valence electrons. The van der Waals surface area contributed by atoms with Gasteiger partial charge in [-0.05, 0) is 43.2 Å². The molecule has 1 aromatic carbocycles. The molecule has 1 N–H and O–H groups in total. The zero-order valence-corrected chi connectivity index (χ0v) is 17.8. The van der Waals surface area contributed by atoms with E-state index in [-0.39, 0.29) is 29.0 Å². The van der Waals surface area contributed by atoms with Crippen LogP contribution in [0, 0.1) is 5.92 Å². The van der Waals surface area contributed by atoms with Gasteiger partial charge in [0, 0.05) is 42.5 Å². The van der Waals surface area contributed by atoms with E-state index in [4.69, 9.17) is 0 Å². The van der Waals surface area contributed by atoms with Crippen LogP contribution in [0.3, 0.4) is 0 Å². The molecule has 0 atom stereocenters. The summed E-state index contributed by atoms with van der Waals surface area (Å²) >= 11 is 0. The normalized spacial score (nSPS) is 14.8. The highest BCUT2D eigenvalue weighted by Crippen LogP contribution is 2.20. The largest absolute Gasteiger partial charge is 0.326 e. The van der Waals surface area contributed by atoms with E-state index < -0.39 is 15.6 Å². The van der Waals surface area contributed by atoms with Crippen LogP contribution in [0.5, 0.6) is 0 Å². The van der Waals surface area contributed by atoms with Gasteiger partial charge in [-0.25, -0.2) is 8.42 Å². The average molecular weight is 432 g/mol. The lowest BCUT2D eigenvalue weighted by Gasteiger charge is -2.16. The maximum Gasteiger partial charge on any atom is 0.251 e. The number of nitrogens with one attached hydrogen (secondary N) is 1. The number of nitrogens with zero attached hydrogens (tertiary/aromatic N) is 2. The lowest BCUT2D eigenvalue weighted by molar-refractivity contribution is -0.118. The van der Waals surface area contributed by atoms with Gasteiger partial charge in [-0.2, -0.15) is 4.31 Å². The Kier molecular flexibility index (Phi) is 6.52. The van der Waals surface area contributed by atoms with E-state index in [9.17, 15) is 22.8 Å². The van der Waals surface area contributed by atoms with Gasteiger partial charge in [0.1, 0.15) is 0 Å². The summed E-state index contributed by atoms with van der Waals surface area (Å²) in [5, 5.41) is 2.74. The van der Waals surface area contributed by atoms with Gasteiger partial charge in [-0.15, -0.1) is 0 Å². The van der Waals surface area contributed by atoms with Gasteiger partial charge in [0.25, 0.3) is 5.56 Å². The van der Waals surface area contributed by atoms with Crippen LogP contribution in [-0.4, -0.2) is 42.1 Å². The molecule has 8 nitrogen and oxygen atoms in total. The van der Waals surface area contributed by atoms with Gasteiger partial charge in [0.2, 0.25) is 15.9 Å². The minimum absolute atomic E-state index is 0.00328. The third-order valence-corrected chi connectivity index (χ3v) is 6.85. The van der Waals surface area contributed by atoms with Crippen molar-refractivity contribution < 1.29 is 18.0 Å². The molecule has 1 amide bonds. The number of aromatic nitrogens is 1. The van der Waals surface area contributed by atoms with Crippen LogP contribution >= 0.6 is 0 Å². The van der Waals surface area contributed by atoms with Crippen molar-refractivity contribution in [3.05, 3.63) is 58.5 Å². The first-order valence-electron chi connectivity index (χ1n) is 9.83. The van der Waals surface area contributed by atoms with E-state index in [1.54, 1.807) is 38.1 Å². The highest BCUT2D eigenvalue weighted by molar-refractivity contribution is 7.89. The van der Waals surface area contributed by atoms with E-state index in [2.05, 4.69) is 5.32 Å². The third kappa shape index (κ3) is 4.85. The molecule has 1 aliphatic heterocycles. The zero-order valence-electron chi connectivity index (χ0n) is 17.0. The predicted molar refractivity (Wildman–Crippen MR) is 113 cm³/mol. The second-order valence-corrected chi connectivity index (χ2v) is 9.52. The van der Waals surface area contributed by atoms with E-state index in [1.807, 2.05) is 0 Å². The zero-order chi connectivity index (χ0) is 21.9. The van der Waals surface area contributed by atoms with Crippen LogP contribution in [0.2, 0.25) is 0 Å². The summed E-state index contributed by atoms with van der Waals surface area (Å²) in [5.74, 6) is -0.631. The van der Waals surface area contributed by atoms with E-state index in [0.29, 0.717) is 24.3 Å². The van der Waals surface area contributed by atoms with Crippen molar-refractivity contribution in [2.75, 3.05) is 18.4 Å². The number of benzene rings is 1. The minimum atomic E-state index is -3.68. The Morgan fingerprint density at radius 2 is 1.67 bits per heavy atom. The standard InChI is InChI=1S/C21H25N3O5S/c1-15(2)21(27)22-17-7-5-16(6-8-17)19(25)14-23-13-18(9-10-20(23)26)30(28,29)24-11-3-4-12-24/h5-10,13,15H,3-4,11-12,14H2,1-2H3,(H,22,27). The number of rotatable bonds is 7. The summed E-state index contributed by atoms with van der Waals surface area (Å²) in [6, 6.07) is 8.81. The molecule has 1 aromatic heterocycles. The van der Waals surface area contributed by atoms with Crippen LogP contribution in [0.25, 0.3) is 0 Å². The first-order chi connectivity index (χ1) is 14.2. The van der Waals surface area contributed by atoms with Crippen molar-refractivity contribution in [1.82, 2.24) is 8.87 Å². The molecule has 0 saturated carbocycles. The minimum Gasteiger partial charge on any atom is -0.326 e. The lowest BCUT2D eigenvalue weighted by atomic mass is 10.1. The smallest absolute Gasteiger partial charge is 0.251 e. The summed E-state index contributed by atoms with van der Waals surface area (Å²) in [6.45, 7) is 4.20. The van der Waals surface area contributed by atoms with E-state index >= 15 is 0 Å². The van der Waals surface area contributed by atoms with Gasteiger partial charge in [0.15, 0.2) is 5.78 Å². The molecule has 1 aliphatic rings. The third-order valence-electron chi connectivity index (χ3n) is 4.97. The van der Waals surface area contributed by atoms with Crippen LogP contribution in [-0.2, 0) is 21.4 Å². The second-order valence-electron chi connectivity index (χ2n) is 7.59. The Bertz CT molecular complexity index is 1100. The number of hydrogen-bond donors (Lipinski definition) is 1. The van der Waals surface area contributed by atoms with Gasteiger partial charge < -0.3 is 9.88 Å². The van der Waals surface area contributed by atoms with Crippen molar-refractivity contribution in [2.45, 2.75) is 38.1 Å². The number of carbonyl (C=O) groups is 2. The number of sulfonamides is 1. The summed E-state index contributed by atoms with van der Waals surface area (Å²) in [5.41, 5.74) is 0.475. The Balaban J connectivity index is 1.76. The Morgan fingerprint density at radius 1 is 1.03 bits per heavy atom. The number of ketones is 1. The summed E-state index contributed by atoms with van der Waals surface area (Å²) in [6.07, 6.45) is 2.85. The van der Waals surface area contributed by atoms with Crippen molar-refractivity contribution >= 4 is 27.4 Å². The molecule has 3 rings (SSSR count). The fraction of sp³-hybridized carbons (Fsp3) is 0.381. The topological polar surface area (TPSA) is 106 Å². The number of amides is 1. The van der Waals surface area contributed by atoms with Crippen LogP contribution in [0.15, 0.2) is 52.3 Å². The van der Waals surface area contributed by atoms with Gasteiger partial charge >= 0.3 is 0 Å². The quantitative estimate of drug-likeness (QED) is 0.676. The summed E-state index contributed by atoms with van der Waals surface area (Å²) in [7, 11) is -3.68. The maximum absolute atomic E-state index is 12.7. The molecule has 1 saturated heterocycles. The molecule has 0 radical (unpaired) electrons. The molecule has 30 heavy (non-hydrogen) atoms. The molecular formula is C21H25N3O5S. The van der Waals surface area contributed by atoms with Crippen LogP contribution in [0.1, 0.15) is 37.0 Å². The number of hydrogen-bond acceptors (Lipinski definition) is 5. The van der Waals surface area contributed by atoms with Gasteiger partial charge in [-0.3, -0.25) is 14.4 Å². The van der Waals surface area contributed by atoms with Crippen LogP contribution < -0.4 is 10.9 Å². The first-order valence-corrected chi connectivity index (χ1v) is 11.3. The Morgan fingerprint density at radius 3 is 2.27 bits per heavy atom. The predicted octanol–water partition coefficient (Wildman–Crippen LogP) is 2.11. The Labute approximate surface area is 175 Å². The van der Waals surface area contributed by atoms with E-state index in [1.165, 1.54) is 22.6 Å². The SMILES string of the molecule is CC(C)C(=O)Nc1ccc(C(=O)Cn2cc(S(=O)(=O)N3CCCC3)ccc2=O)cc1. The lowest BCUT2D eigenvalue weighted by Crippen LogP contribution is -2.30. The molecule has 2 heterocycles. The molecule has 0 bridgehead atoms. The highest BCUT2D eigenvalue weighted by Gasteiger charge is 2.27. The van der Waals surface area contributed by atoms with Crippen molar-refractivity contribution in [3.63, 3.8) is 0 Å². The number of anilines is 1. The van der Waals surface area contributed by atoms with Crippen LogP contribution in [0.4, 0.5) is 5.69 Å².